The van der Waals surface area contributed by atoms with Crippen molar-refractivity contribution in [2.24, 2.45) is 7.05 Å². The number of para-hydroxylation sites is 1. The SMILES string of the molecule is CCCn1c(SCc2nc3ccccc3c(=O)n2C)nc2ccc(Br)cc2c1=O. The van der Waals surface area contributed by atoms with Gasteiger partial charge in [-0.1, -0.05) is 46.7 Å². The first-order valence-corrected chi connectivity index (χ1v) is 11.0. The number of halogens is 1. The lowest BCUT2D eigenvalue weighted by atomic mass is 10.2. The van der Waals surface area contributed by atoms with Gasteiger partial charge in [-0.05, 0) is 36.8 Å². The molecule has 8 heteroatoms. The molecule has 2 heterocycles. The summed E-state index contributed by atoms with van der Waals surface area (Å²) in [5.41, 5.74) is 1.20. The molecule has 0 N–H and O–H groups in total. The monoisotopic (exact) mass is 470 g/mol. The van der Waals surface area contributed by atoms with Crippen molar-refractivity contribution >= 4 is 49.5 Å². The van der Waals surface area contributed by atoms with Crippen molar-refractivity contribution in [1.29, 1.82) is 0 Å². The van der Waals surface area contributed by atoms with Gasteiger partial charge in [-0.25, -0.2) is 9.97 Å². The molecule has 4 aromatic rings. The molecule has 148 valence electrons. The number of nitrogens with zero attached hydrogens (tertiary/aromatic N) is 4. The van der Waals surface area contributed by atoms with Gasteiger partial charge in [0, 0.05) is 18.1 Å². The first-order chi connectivity index (χ1) is 14.0. The van der Waals surface area contributed by atoms with Gasteiger partial charge in [0.05, 0.1) is 27.6 Å². The summed E-state index contributed by atoms with van der Waals surface area (Å²) >= 11 is 4.85. The van der Waals surface area contributed by atoms with E-state index in [-0.39, 0.29) is 11.1 Å². The summed E-state index contributed by atoms with van der Waals surface area (Å²) < 4.78 is 4.12. The molecule has 2 aromatic heterocycles. The normalized spacial score (nSPS) is 11.4. The van der Waals surface area contributed by atoms with Crippen molar-refractivity contribution in [2.45, 2.75) is 30.8 Å². The molecule has 0 amide bonds. The van der Waals surface area contributed by atoms with Gasteiger partial charge in [0.15, 0.2) is 5.16 Å². The van der Waals surface area contributed by atoms with Gasteiger partial charge in [-0.15, -0.1) is 0 Å². The van der Waals surface area contributed by atoms with Crippen LogP contribution in [0.1, 0.15) is 19.2 Å². The third-order valence-electron chi connectivity index (χ3n) is 4.73. The molecular formula is C21H19BrN4O2S. The molecule has 0 aliphatic carbocycles. The zero-order chi connectivity index (χ0) is 20.5. The second kappa shape index (κ2) is 8.12. The summed E-state index contributed by atoms with van der Waals surface area (Å²) in [5.74, 6) is 1.08. The summed E-state index contributed by atoms with van der Waals surface area (Å²) in [6.45, 7) is 2.61. The minimum Gasteiger partial charge on any atom is -0.299 e. The number of benzene rings is 2. The van der Waals surface area contributed by atoms with E-state index in [9.17, 15) is 9.59 Å². The minimum absolute atomic E-state index is 0.0546. The number of hydrogen-bond donors (Lipinski definition) is 0. The van der Waals surface area contributed by atoms with E-state index in [1.54, 1.807) is 28.3 Å². The van der Waals surface area contributed by atoms with E-state index in [0.29, 0.717) is 45.1 Å². The standard InChI is InChI=1S/C21H19BrN4O2S/c1-3-10-26-20(28)15-11-13(22)8-9-17(15)24-21(26)29-12-18-23-16-7-5-4-6-14(16)19(27)25(18)2/h4-9,11H,3,10,12H2,1-2H3. The van der Waals surface area contributed by atoms with Crippen LogP contribution in [0.15, 0.2) is 61.7 Å². The molecule has 4 rings (SSSR count). The predicted molar refractivity (Wildman–Crippen MR) is 121 cm³/mol. The van der Waals surface area contributed by atoms with Crippen LogP contribution < -0.4 is 11.1 Å². The third-order valence-corrected chi connectivity index (χ3v) is 6.20. The lowest BCUT2D eigenvalue weighted by molar-refractivity contribution is 0.584. The van der Waals surface area contributed by atoms with E-state index in [1.807, 2.05) is 37.3 Å². The third kappa shape index (κ3) is 3.74. The first-order valence-electron chi connectivity index (χ1n) is 9.27. The Balaban J connectivity index is 1.77. The number of fused-ring (bicyclic) bond motifs is 2. The lowest BCUT2D eigenvalue weighted by Gasteiger charge is -2.13. The van der Waals surface area contributed by atoms with Gasteiger partial charge < -0.3 is 0 Å². The molecule has 0 radical (unpaired) electrons. The molecule has 29 heavy (non-hydrogen) atoms. The van der Waals surface area contributed by atoms with Crippen LogP contribution >= 0.6 is 27.7 Å². The summed E-state index contributed by atoms with van der Waals surface area (Å²) in [6.07, 6.45) is 0.821. The minimum atomic E-state index is -0.0755. The molecule has 0 aliphatic rings. The smallest absolute Gasteiger partial charge is 0.262 e. The fraction of sp³-hybridized carbons (Fsp3) is 0.238. The summed E-state index contributed by atoms with van der Waals surface area (Å²) in [5, 5.41) is 1.82. The Hall–Kier alpha value is -2.45. The quantitative estimate of drug-likeness (QED) is 0.324. The van der Waals surface area contributed by atoms with E-state index in [4.69, 9.17) is 4.98 Å². The van der Waals surface area contributed by atoms with Crippen LogP contribution in [-0.4, -0.2) is 19.1 Å². The van der Waals surface area contributed by atoms with Crippen molar-refractivity contribution in [1.82, 2.24) is 19.1 Å². The highest BCUT2D eigenvalue weighted by molar-refractivity contribution is 9.10. The van der Waals surface area contributed by atoms with Crippen LogP contribution in [-0.2, 0) is 19.3 Å². The van der Waals surface area contributed by atoms with Crippen LogP contribution in [0.5, 0.6) is 0 Å². The zero-order valence-electron chi connectivity index (χ0n) is 16.1. The van der Waals surface area contributed by atoms with Crippen molar-refractivity contribution < 1.29 is 0 Å². The highest BCUT2D eigenvalue weighted by Crippen LogP contribution is 2.23. The molecule has 0 atom stereocenters. The Morgan fingerprint density at radius 3 is 2.55 bits per heavy atom. The van der Waals surface area contributed by atoms with E-state index >= 15 is 0 Å². The Labute approximate surface area is 179 Å². The Morgan fingerprint density at radius 1 is 1.00 bits per heavy atom. The molecule has 6 nitrogen and oxygen atoms in total. The fourth-order valence-electron chi connectivity index (χ4n) is 3.23. The van der Waals surface area contributed by atoms with Crippen LogP contribution in [0, 0.1) is 0 Å². The van der Waals surface area contributed by atoms with Gasteiger partial charge >= 0.3 is 0 Å². The topological polar surface area (TPSA) is 69.8 Å². The molecule has 0 saturated heterocycles. The molecular weight excluding hydrogens is 452 g/mol. The van der Waals surface area contributed by atoms with E-state index < -0.39 is 0 Å². The highest BCUT2D eigenvalue weighted by atomic mass is 79.9. The Kier molecular flexibility index (Phi) is 5.56. The maximum Gasteiger partial charge on any atom is 0.262 e. The van der Waals surface area contributed by atoms with E-state index in [2.05, 4.69) is 20.9 Å². The average molecular weight is 471 g/mol. The molecule has 0 saturated carbocycles. The molecule has 0 fully saturated rings. The maximum atomic E-state index is 13.0. The van der Waals surface area contributed by atoms with E-state index in [1.165, 1.54) is 11.8 Å². The second-order valence-corrected chi connectivity index (χ2v) is 8.57. The first kappa shape index (κ1) is 19.8. The van der Waals surface area contributed by atoms with Crippen LogP contribution in [0.3, 0.4) is 0 Å². The molecule has 2 aromatic carbocycles. The van der Waals surface area contributed by atoms with Gasteiger partial charge in [0.1, 0.15) is 5.82 Å². The summed E-state index contributed by atoms with van der Waals surface area (Å²) in [7, 11) is 1.72. The number of rotatable bonds is 5. The van der Waals surface area contributed by atoms with Gasteiger partial charge in [0.25, 0.3) is 11.1 Å². The van der Waals surface area contributed by atoms with Crippen molar-refractivity contribution in [3.63, 3.8) is 0 Å². The Bertz CT molecular complexity index is 1350. The number of hydrogen-bond acceptors (Lipinski definition) is 5. The second-order valence-electron chi connectivity index (χ2n) is 6.71. The zero-order valence-corrected chi connectivity index (χ0v) is 18.5. The maximum absolute atomic E-state index is 13.0. The fourth-order valence-corrected chi connectivity index (χ4v) is 4.60. The van der Waals surface area contributed by atoms with Gasteiger partial charge in [-0.2, -0.15) is 0 Å². The number of thioether (sulfide) groups is 1. The van der Waals surface area contributed by atoms with E-state index in [0.717, 1.165) is 10.9 Å². The lowest BCUT2D eigenvalue weighted by Crippen LogP contribution is -2.24. The predicted octanol–water partition coefficient (Wildman–Crippen LogP) is 4.11. The number of aromatic nitrogens is 4. The van der Waals surface area contributed by atoms with Crippen molar-refractivity contribution in [2.75, 3.05) is 0 Å². The largest absolute Gasteiger partial charge is 0.299 e. The molecule has 0 bridgehead atoms. The van der Waals surface area contributed by atoms with Gasteiger partial charge in [-0.3, -0.25) is 18.7 Å². The van der Waals surface area contributed by atoms with Crippen LogP contribution in [0.2, 0.25) is 0 Å². The van der Waals surface area contributed by atoms with Crippen LogP contribution in [0.4, 0.5) is 0 Å². The summed E-state index contributed by atoms with van der Waals surface area (Å²) in [4.78, 5) is 35.0. The molecule has 0 aliphatic heterocycles. The average Bonchev–Trinajstić information content (AvgIpc) is 2.72. The molecule has 0 spiro atoms. The highest BCUT2D eigenvalue weighted by Gasteiger charge is 2.14. The van der Waals surface area contributed by atoms with Gasteiger partial charge in [0.2, 0.25) is 0 Å². The molecule has 0 unspecified atom stereocenters. The summed E-state index contributed by atoms with van der Waals surface area (Å²) in [6, 6.07) is 12.8. The Morgan fingerprint density at radius 2 is 1.76 bits per heavy atom. The van der Waals surface area contributed by atoms with Crippen LogP contribution in [0.25, 0.3) is 21.8 Å². The van der Waals surface area contributed by atoms with Crippen molar-refractivity contribution in [3.8, 4) is 0 Å². The van der Waals surface area contributed by atoms with Crippen molar-refractivity contribution in [3.05, 3.63) is 73.5 Å².